The minimum absolute atomic E-state index is 0.0447. The summed E-state index contributed by atoms with van der Waals surface area (Å²) in [6, 6.07) is 7.49. The summed E-state index contributed by atoms with van der Waals surface area (Å²) in [7, 11) is 1.78. The number of thiazole rings is 1. The molecule has 4 nitrogen and oxygen atoms in total. The number of nitrogens with two attached hydrogens (primary N) is 1. The highest BCUT2D eigenvalue weighted by atomic mass is 32.1. The van der Waals surface area contributed by atoms with Crippen LogP contribution in [-0.2, 0) is 11.3 Å². The summed E-state index contributed by atoms with van der Waals surface area (Å²) >= 11 is 1.62. The van der Waals surface area contributed by atoms with Crippen molar-refractivity contribution >= 4 is 27.5 Å². The smallest absolute Gasteiger partial charge is 0.240 e. The van der Waals surface area contributed by atoms with Gasteiger partial charge in [-0.2, -0.15) is 0 Å². The normalized spacial score (nSPS) is 13.4. The van der Waals surface area contributed by atoms with Gasteiger partial charge in [0.05, 0.1) is 22.8 Å². The number of rotatable bonds is 3. The van der Waals surface area contributed by atoms with E-state index in [9.17, 15) is 4.79 Å². The molecule has 1 heterocycles. The summed E-state index contributed by atoms with van der Waals surface area (Å²) in [5.41, 5.74) is 6.76. The molecule has 0 spiro atoms. The fraction of sp³-hybridized carbons (Fsp3) is 0.467. The van der Waals surface area contributed by atoms with E-state index >= 15 is 0 Å². The van der Waals surface area contributed by atoms with Crippen molar-refractivity contribution in [2.75, 3.05) is 7.05 Å². The summed E-state index contributed by atoms with van der Waals surface area (Å²) in [5, 5.41) is 0.933. The maximum Gasteiger partial charge on any atom is 0.240 e. The lowest BCUT2D eigenvalue weighted by Gasteiger charge is -2.29. The average Bonchev–Trinajstić information content (AvgIpc) is 2.77. The number of hydrogen-bond acceptors (Lipinski definition) is 4. The summed E-state index contributed by atoms with van der Waals surface area (Å²) in [5.74, 6) is -0.0447. The van der Waals surface area contributed by atoms with Crippen molar-refractivity contribution in [1.82, 2.24) is 9.88 Å². The Labute approximate surface area is 123 Å². The maximum absolute atomic E-state index is 12.3. The van der Waals surface area contributed by atoms with Crippen LogP contribution in [0.2, 0.25) is 0 Å². The van der Waals surface area contributed by atoms with Crippen LogP contribution in [0.3, 0.4) is 0 Å². The van der Waals surface area contributed by atoms with Crippen LogP contribution in [0, 0.1) is 5.41 Å². The molecule has 0 aliphatic heterocycles. The largest absolute Gasteiger partial charge is 0.338 e. The van der Waals surface area contributed by atoms with Crippen LogP contribution in [0.15, 0.2) is 24.3 Å². The van der Waals surface area contributed by atoms with Gasteiger partial charge in [0.15, 0.2) is 0 Å². The number of fused-ring (bicyclic) bond motifs is 1. The number of carbonyl (C=O) groups is 1. The number of aromatic nitrogens is 1. The molecule has 2 aromatic rings. The number of para-hydroxylation sites is 1. The number of likely N-dealkylation sites (N-methyl/N-ethyl adjacent to an activating group) is 1. The molecule has 1 atom stereocenters. The Morgan fingerprint density at radius 2 is 2.05 bits per heavy atom. The molecule has 0 aliphatic rings. The Hall–Kier alpha value is -1.46. The molecule has 1 aromatic heterocycles. The lowest BCUT2D eigenvalue weighted by Crippen LogP contribution is -2.48. The topological polar surface area (TPSA) is 59.2 Å². The lowest BCUT2D eigenvalue weighted by molar-refractivity contribution is -0.134. The van der Waals surface area contributed by atoms with Gasteiger partial charge in [0.1, 0.15) is 5.01 Å². The number of nitrogens with zero attached hydrogens (tertiary/aromatic N) is 2. The van der Waals surface area contributed by atoms with Crippen LogP contribution >= 0.6 is 11.3 Å². The highest BCUT2D eigenvalue weighted by Gasteiger charge is 2.29. The fourth-order valence-electron chi connectivity index (χ4n) is 1.88. The molecule has 0 saturated carbocycles. The number of hydrogen-bond donors (Lipinski definition) is 1. The molecule has 108 valence electrons. The minimum atomic E-state index is -0.498. The molecular formula is C15H21N3OS. The van der Waals surface area contributed by atoms with Gasteiger partial charge >= 0.3 is 0 Å². The van der Waals surface area contributed by atoms with E-state index in [0.29, 0.717) is 6.54 Å². The Morgan fingerprint density at radius 1 is 1.40 bits per heavy atom. The Balaban J connectivity index is 2.11. The van der Waals surface area contributed by atoms with Crippen LogP contribution in [0.25, 0.3) is 10.2 Å². The van der Waals surface area contributed by atoms with Crippen LogP contribution in [0.1, 0.15) is 25.8 Å². The number of benzene rings is 1. The molecular weight excluding hydrogens is 270 g/mol. The van der Waals surface area contributed by atoms with Gasteiger partial charge in [-0.15, -0.1) is 11.3 Å². The van der Waals surface area contributed by atoms with Gasteiger partial charge in [-0.1, -0.05) is 32.9 Å². The molecule has 20 heavy (non-hydrogen) atoms. The number of carbonyl (C=O) groups excluding carboxylic acids is 1. The summed E-state index contributed by atoms with van der Waals surface area (Å²) in [6.07, 6.45) is 0. The van der Waals surface area contributed by atoms with Crippen molar-refractivity contribution in [3.8, 4) is 0 Å². The molecule has 0 aliphatic carbocycles. The third kappa shape index (κ3) is 3.16. The van der Waals surface area contributed by atoms with Gasteiger partial charge < -0.3 is 10.6 Å². The monoisotopic (exact) mass is 291 g/mol. The predicted octanol–water partition coefficient (Wildman–Crippen LogP) is 2.63. The van der Waals surface area contributed by atoms with E-state index in [0.717, 1.165) is 15.2 Å². The number of amides is 1. The molecule has 0 fully saturated rings. The van der Waals surface area contributed by atoms with Crippen LogP contribution in [0.4, 0.5) is 0 Å². The molecule has 2 rings (SSSR count). The van der Waals surface area contributed by atoms with Crippen molar-refractivity contribution in [2.24, 2.45) is 11.1 Å². The summed E-state index contributed by atoms with van der Waals surface area (Å²) in [4.78, 5) is 18.5. The van der Waals surface area contributed by atoms with Gasteiger partial charge in [0.25, 0.3) is 0 Å². The summed E-state index contributed by atoms with van der Waals surface area (Å²) < 4.78 is 1.14. The molecule has 1 unspecified atom stereocenters. The molecule has 0 radical (unpaired) electrons. The second kappa shape index (κ2) is 5.50. The first-order valence-corrected chi connectivity index (χ1v) is 7.45. The summed E-state index contributed by atoms with van der Waals surface area (Å²) in [6.45, 7) is 6.42. The van der Waals surface area contributed by atoms with Gasteiger partial charge in [0, 0.05) is 7.05 Å². The minimum Gasteiger partial charge on any atom is -0.338 e. The molecule has 0 bridgehead atoms. The highest BCUT2D eigenvalue weighted by Crippen LogP contribution is 2.23. The first-order valence-electron chi connectivity index (χ1n) is 6.64. The standard InChI is InChI=1S/C15H21N3OS/c1-15(2,3)13(16)14(19)18(4)9-12-17-10-7-5-6-8-11(10)20-12/h5-8,13H,9,16H2,1-4H3. The van der Waals surface area contributed by atoms with E-state index in [1.807, 2.05) is 45.0 Å². The molecule has 0 saturated heterocycles. The zero-order valence-electron chi connectivity index (χ0n) is 12.4. The van der Waals surface area contributed by atoms with Gasteiger partial charge in [-0.05, 0) is 17.5 Å². The lowest BCUT2D eigenvalue weighted by atomic mass is 9.86. The maximum atomic E-state index is 12.3. The zero-order valence-corrected chi connectivity index (χ0v) is 13.2. The van der Waals surface area contributed by atoms with Gasteiger partial charge in [-0.3, -0.25) is 4.79 Å². The van der Waals surface area contributed by atoms with Crippen LogP contribution < -0.4 is 5.73 Å². The Kier molecular flexibility index (Phi) is 4.11. The second-order valence-electron chi connectivity index (χ2n) is 6.11. The molecule has 2 N–H and O–H groups in total. The molecule has 1 aromatic carbocycles. The quantitative estimate of drug-likeness (QED) is 0.945. The first-order chi connectivity index (χ1) is 9.29. The van der Waals surface area contributed by atoms with Gasteiger partial charge in [-0.25, -0.2) is 4.98 Å². The van der Waals surface area contributed by atoms with E-state index in [-0.39, 0.29) is 11.3 Å². The van der Waals surface area contributed by atoms with Crippen molar-refractivity contribution < 1.29 is 4.79 Å². The molecule has 1 amide bonds. The third-order valence-electron chi connectivity index (χ3n) is 3.29. The SMILES string of the molecule is CN(Cc1nc2ccccc2s1)C(=O)C(N)C(C)(C)C. The molecule has 5 heteroatoms. The first kappa shape index (κ1) is 14.9. The average molecular weight is 291 g/mol. The van der Waals surface area contributed by atoms with Gasteiger partial charge in [0.2, 0.25) is 5.91 Å². The second-order valence-corrected chi connectivity index (χ2v) is 7.23. The van der Waals surface area contributed by atoms with E-state index in [2.05, 4.69) is 4.98 Å². The predicted molar refractivity (Wildman–Crippen MR) is 83.5 cm³/mol. The Bertz CT molecular complexity index is 582. The van der Waals surface area contributed by atoms with E-state index in [4.69, 9.17) is 5.73 Å². The van der Waals surface area contributed by atoms with E-state index in [1.54, 1.807) is 23.3 Å². The third-order valence-corrected chi connectivity index (χ3v) is 4.31. The van der Waals surface area contributed by atoms with Crippen molar-refractivity contribution in [2.45, 2.75) is 33.4 Å². The van der Waals surface area contributed by atoms with E-state index < -0.39 is 6.04 Å². The van der Waals surface area contributed by atoms with Crippen molar-refractivity contribution in [3.63, 3.8) is 0 Å². The van der Waals surface area contributed by atoms with Crippen molar-refractivity contribution in [1.29, 1.82) is 0 Å². The van der Waals surface area contributed by atoms with Crippen molar-refractivity contribution in [3.05, 3.63) is 29.3 Å². The van der Waals surface area contributed by atoms with Crippen LogP contribution in [-0.4, -0.2) is 28.9 Å². The van der Waals surface area contributed by atoms with E-state index in [1.165, 1.54) is 0 Å². The zero-order chi connectivity index (χ0) is 14.9. The Morgan fingerprint density at radius 3 is 2.65 bits per heavy atom. The van der Waals surface area contributed by atoms with Crippen LogP contribution in [0.5, 0.6) is 0 Å². The highest BCUT2D eigenvalue weighted by molar-refractivity contribution is 7.18. The fourth-order valence-corrected chi connectivity index (χ4v) is 2.90.